The van der Waals surface area contributed by atoms with E-state index >= 15 is 0 Å². The minimum absolute atomic E-state index is 0.0137. The van der Waals surface area contributed by atoms with Crippen LogP contribution in [0.2, 0.25) is 0 Å². The second-order valence-corrected chi connectivity index (χ2v) is 5.90. The van der Waals surface area contributed by atoms with Crippen LogP contribution >= 0.6 is 0 Å². The third-order valence-electron chi connectivity index (χ3n) is 3.81. The quantitative estimate of drug-likeness (QED) is 0.909. The lowest BCUT2D eigenvalue weighted by Gasteiger charge is -2.37. The molecule has 3 heteroatoms. The molecule has 0 aromatic heterocycles. The van der Waals surface area contributed by atoms with E-state index in [0.29, 0.717) is 0 Å². The summed E-state index contributed by atoms with van der Waals surface area (Å²) in [5.41, 5.74) is 0.982. The van der Waals surface area contributed by atoms with Crippen molar-refractivity contribution in [3.63, 3.8) is 0 Å². The van der Waals surface area contributed by atoms with Crippen LogP contribution in [0.3, 0.4) is 0 Å². The summed E-state index contributed by atoms with van der Waals surface area (Å²) in [6.07, 6.45) is 0.0137. The largest absolute Gasteiger partial charge is 0.496 e. The van der Waals surface area contributed by atoms with E-state index in [4.69, 9.17) is 9.47 Å². The van der Waals surface area contributed by atoms with E-state index in [9.17, 15) is 0 Å². The van der Waals surface area contributed by atoms with Gasteiger partial charge in [-0.2, -0.15) is 0 Å². The first-order valence-corrected chi connectivity index (χ1v) is 7.05. The number of hydrogen-bond acceptors (Lipinski definition) is 3. The molecule has 0 amide bonds. The molecule has 1 aliphatic rings. The number of nitrogens with one attached hydrogen (secondary N) is 1. The molecule has 0 saturated carbocycles. The average Bonchev–Trinajstić information content (AvgIpc) is 2.45. The van der Waals surface area contributed by atoms with Gasteiger partial charge in [-0.25, -0.2) is 0 Å². The Kier molecular flexibility index (Phi) is 3.40. The monoisotopic (exact) mass is 271 g/mol. The molecule has 3 nitrogen and oxygen atoms in total. The van der Waals surface area contributed by atoms with Gasteiger partial charge in [0.15, 0.2) is 0 Å². The van der Waals surface area contributed by atoms with Crippen molar-refractivity contribution >= 4 is 10.8 Å². The first-order chi connectivity index (χ1) is 9.61. The Morgan fingerprint density at radius 2 is 2.00 bits per heavy atom. The second kappa shape index (κ2) is 5.08. The topological polar surface area (TPSA) is 30.5 Å². The van der Waals surface area contributed by atoms with E-state index in [1.807, 2.05) is 6.07 Å². The molecule has 106 valence electrons. The Labute approximate surface area is 119 Å². The van der Waals surface area contributed by atoms with Crippen LogP contribution in [0.15, 0.2) is 36.4 Å². The Bertz CT molecular complexity index is 621. The van der Waals surface area contributed by atoms with Gasteiger partial charge in [0.2, 0.25) is 0 Å². The van der Waals surface area contributed by atoms with Gasteiger partial charge < -0.3 is 14.8 Å². The number of ether oxygens (including phenoxy) is 2. The van der Waals surface area contributed by atoms with Gasteiger partial charge in [-0.1, -0.05) is 30.3 Å². The molecule has 0 bridgehead atoms. The molecule has 3 rings (SSSR count). The molecular formula is C17H21NO2. The first-order valence-electron chi connectivity index (χ1n) is 7.05. The van der Waals surface area contributed by atoms with Gasteiger partial charge in [0.05, 0.1) is 18.8 Å². The van der Waals surface area contributed by atoms with Crippen LogP contribution in [0.1, 0.15) is 25.5 Å². The van der Waals surface area contributed by atoms with Crippen LogP contribution in [0.5, 0.6) is 5.75 Å². The van der Waals surface area contributed by atoms with Crippen LogP contribution in [0.4, 0.5) is 0 Å². The van der Waals surface area contributed by atoms with Crippen LogP contribution in [-0.4, -0.2) is 25.8 Å². The van der Waals surface area contributed by atoms with Crippen LogP contribution in [-0.2, 0) is 4.74 Å². The van der Waals surface area contributed by atoms with E-state index in [1.54, 1.807) is 7.11 Å². The molecule has 1 saturated heterocycles. The molecule has 1 aliphatic heterocycles. The number of fused-ring (bicyclic) bond motifs is 1. The highest BCUT2D eigenvalue weighted by Gasteiger charge is 2.31. The third kappa shape index (κ3) is 2.39. The van der Waals surface area contributed by atoms with Gasteiger partial charge in [0.25, 0.3) is 0 Å². The molecule has 0 spiro atoms. The van der Waals surface area contributed by atoms with Crippen molar-refractivity contribution in [2.75, 3.05) is 20.2 Å². The third-order valence-corrected chi connectivity index (χ3v) is 3.81. The predicted molar refractivity (Wildman–Crippen MR) is 81.3 cm³/mol. The van der Waals surface area contributed by atoms with E-state index < -0.39 is 0 Å². The molecule has 1 heterocycles. The molecule has 1 unspecified atom stereocenters. The summed E-state index contributed by atoms with van der Waals surface area (Å²) in [5.74, 6) is 0.896. The number of rotatable bonds is 2. The van der Waals surface area contributed by atoms with Gasteiger partial charge in [0.1, 0.15) is 5.75 Å². The van der Waals surface area contributed by atoms with Crippen LogP contribution in [0, 0.1) is 0 Å². The van der Waals surface area contributed by atoms with Crippen molar-refractivity contribution in [1.82, 2.24) is 5.32 Å². The van der Waals surface area contributed by atoms with Crippen molar-refractivity contribution in [2.24, 2.45) is 0 Å². The summed E-state index contributed by atoms with van der Waals surface area (Å²) in [4.78, 5) is 0. The number of morpholine rings is 1. The maximum atomic E-state index is 6.27. The minimum Gasteiger partial charge on any atom is -0.496 e. The highest BCUT2D eigenvalue weighted by atomic mass is 16.5. The zero-order valence-electron chi connectivity index (χ0n) is 12.3. The molecular weight excluding hydrogens is 250 g/mol. The smallest absolute Gasteiger partial charge is 0.125 e. The normalized spacial score (nSPS) is 21.9. The van der Waals surface area contributed by atoms with Gasteiger partial charge in [0, 0.05) is 18.7 Å². The molecule has 1 fully saturated rings. The van der Waals surface area contributed by atoms with E-state index in [-0.39, 0.29) is 11.7 Å². The Balaban J connectivity index is 2.13. The highest BCUT2D eigenvalue weighted by Crippen LogP contribution is 2.37. The van der Waals surface area contributed by atoms with Crippen molar-refractivity contribution in [1.29, 1.82) is 0 Å². The zero-order valence-corrected chi connectivity index (χ0v) is 12.3. The van der Waals surface area contributed by atoms with Gasteiger partial charge in [-0.05, 0) is 30.7 Å². The second-order valence-electron chi connectivity index (χ2n) is 5.90. The molecule has 1 N–H and O–H groups in total. The van der Waals surface area contributed by atoms with Crippen LogP contribution < -0.4 is 10.1 Å². The molecule has 2 aromatic carbocycles. The van der Waals surface area contributed by atoms with E-state index in [0.717, 1.165) is 24.4 Å². The van der Waals surface area contributed by atoms with Gasteiger partial charge in [-0.15, -0.1) is 0 Å². The van der Waals surface area contributed by atoms with Gasteiger partial charge >= 0.3 is 0 Å². The summed E-state index contributed by atoms with van der Waals surface area (Å²) in [7, 11) is 1.72. The molecule has 2 aromatic rings. The van der Waals surface area contributed by atoms with Crippen molar-refractivity contribution < 1.29 is 9.47 Å². The summed E-state index contributed by atoms with van der Waals surface area (Å²) < 4.78 is 11.8. The lowest BCUT2D eigenvalue weighted by molar-refractivity contribution is -0.0958. The molecule has 20 heavy (non-hydrogen) atoms. The fourth-order valence-electron chi connectivity index (χ4n) is 2.92. The van der Waals surface area contributed by atoms with Crippen molar-refractivity contribution in [3.8, 4) is 5.75 Å². The van der Waals surface area contributed by atoms with E-state index in [1.165, 1.54) is 10.8 Å². The number of hydrogen-bond donors (Lipinski definition) is 1. The number of benzene rings is 2. The lowest BCUT2D eigenvalue weighted by Crippen LogP contribution is -2.47. The molecule has 0 aliphatic carbocycles. The average molecular weight is 271 g/mol. The van der Waals surface area contributed by atoms with Crippen LogP contribution in [0.25, 0.3) is 10.8 Å². The minimum atomic E-state index is -0.162. The maximum Gasteiger partial charge on any atom is 0.125 e. The first kappa shape index (κ1) is 13.4. The maximum absolute atomic E-state index is 6.27. The Hall–Kier alpha value is -1.58. The van der Waals surface area contributed by atoms with Gasteiger partial charge in [-0.3, -0.25) is 0 Å². The Morgan fingerprint density at radius 1 is 1.20 bits per heavy atom. The zero-order chi connectivity index (χ0) is 14.2. The summed E-state index contributed by atoms with van der Waals surface area (Å²) >= 11 is 0. The summed E-state index contributed by atoms with van der Waals surface area (Å²) in [5, 5.41) is 5.88. The fraction of sp³-hybridized carbons (Fsp3) is 0.412. The van der Waals surface area contributed by atoms with Crippen molar-refractivity contribution in [3.05, 3.63) is 42.0 Å². The van der Waals surface area contributed by atoms with Crippen molar-refractivity contribution in [2.45, 2.75) is 25.6 Å². The Morgan fingerprint density at radius 3 is 2.75 bits per heavy atom. The lowest BCUT2D eigenvalue weighted by atomic mass is 9.96. The van der Waals surface area contributed by atoms with E-state index in [2.05, 4.69) is 49.5 Å². The standard InChI is InChI=1S/C17H21NO2/c1-17(2)11-18-10-15(20-17)16-13-7-5-4-6-12(13)8-9-14(16)19-3/h4-9,15,18H,10-11H2,1-3H3. The molecule has 1 atom stereocenters. The molecule has 0 radical (unpaired) electrons. The number of methoxy groups -OCH3 is 1. The summed E-state index contributed by atoms with van der Waals surface area (Å²) in [6.45, 7) is 5.91. The fourth-order valence-corrected chi connectivity index (χ4v) is 2.92. The SMILES string of the molecule is COc1ccc2ccccc2c1C1CNCC(C)(C)O1. The highest BCUT2D eigenvalue weighted by molar-refractivity contribution is 5.88. The predicted octanol–water partition coefficient (Wildman–Crippen LogP) is 3.29. The summed E-state index contributed by atoms with van der Waals surface area (Å²) in [6, 6.07) is 12.5.